The summed E-state index contributed by atoms with van der Waals surface area (Å²) >= 11 is 17.6. The third-order valence-corrected chi connectivity index (χ3v) is 9.65. The Morgan fingerprint density at radius 1 is 0.782 bits per heavy atom. The number of ether oxygens (including phenoxy) is 3. The fraction of sp³-hybridized carbons (Fsp3) is 0.462. The minimum atomic E-state index is -0.592. The van der Waals surface area contributed by atoms with E-state index in [-0.39, 0.29) is 24.2 Å². The quantitative estimate of drug-likeness (QED) is 0.199. The molecule has 0 unspecified atom stereocenters. The zero-order valence-electron chi connectivity index (χ0n) is 31.8. The lowest BCUT2D eigenvalue weighted by molar-refractivity contribution is 0.0212. The lowest BCUT2D eigenvalue weighted by Crippen LogP contribution is -2.38. The van der Waals surface area contributed by atoms with Crippen LogP contribution in [0.5, 0.6) is 5.88 Å². The minimum absolute atomic E-state index is 0.100. The van der Waals surface area contributed by atoms with Gasteiger partial charge in [-0.25, -0.2) is 9.59 Å². The van der Waals surface area contributed by atoms with Crippen molar-refractivity contribution in [2.45, 2.75) is 110 Å². The molecule has 7 rings (SSSR count). The Labute approximate surface area is 336 Å². The Morgan fingerprint density at radius 2 is 1.40 bits per heavy atom. The number of hydrogen-bond donors (Lipinski definition) is 1. The van der Waals surface area contributed by atoms with Crippen LogP contribution in [-0.2, 0) is 29.1 Å². The molecule has 2 aromatic carbocycles. The van der Waals surface area contributed by atoms with Crippen molar-refractivity contribution < 1.29 is 23.8 Å². The van der Waals surface area contributed by atoms with E-state index in [0.29, 0.717) is 52.9 Å². The van der Waals surface area contributed by atoms with E-state index in [1.807, 2.05) is 84.0 Å². The molecule has 4 aromatic rings. The summed E-state index contributed by atoms with van der Waals surface area (Å²) in [6.45, 7) is 12.5. The highest BCUT2D eigenvalue weighted by Crippen LogP contribution is 2.37. The smallest absolute Gasteiger partial charge is 0.411 e. The van der Waals surface area contributed by atoms with Crippen LogP contribution in [0, 0.1) is 0 Å². The van der Waals surface area contributed by atoms with Crippen LogP contribution in [0.15, 0.2) is 54.7 Å². The summed E-state index contributed by atoms with van der Waals surface area (Å²) in [4.78, 5) is 29.0. The molecule has 4 heterocycles. The monoisotopic (exact) mass is 808 g/mol. The molecule has 2 aliphatic heterocycles. The largest absolute Gasteiger partial charge is 0.473 e. The Hall–Kier alpha value is -4.53. The molecule has 2 aromatic heterocycles. The zero-order chi connectivity index (χ0) is 39.5. The number of hydrogen-bond acceptors (Lipinski definition) is 10. The number of nitrogens with zero attached hydrogens (tertiary/aromatic N) is 7. The molecule has 13 nitrogen and oxygen atoms in total. The standard InChI is InChI=1S/C25H29ClN6O3.C14H17ClN2O2S/c1-25(2,3)35-24(33)31-14-17-13-18(26)8-11-20(17)32-21(15-31)28-30-23(32)16-6-9-19(10-7-16)34-22-5-4-12-27-29-22;1-14(2,3)19-13(18)17-7-9-6-10(15)4-5-11(9)16-12(20)8-17/h4-5,8,11-13,16,19H,6-7,9-10,14-15H2,1-3H3;4-6H,7-8H2,1-3H3,(H,16,20)/t16-,19-;. The second-order valence-corrected chi connectivity index (χ2v) is 17.1. The Bertz CT molecular complexity index is 2030. The van der Waals surface area contributed by atoms with Gasteiger partial charge in [0.1, 0.15) is 23.1 Å². The van der Waals surface area contributed by atoms with Crippen molar-refractivity contribution >= 4 is 58.3 Å². The molecule has 0 radical (unpaired) electrons. The number of aromatic nitrogens is 5. The van der Waals surface area contributed by atoms with Gasteiger partial charge in [-0.15, -0.1) is 15.3 Å². The van der Waals surface area contributed by atoms with Gasteiger partial charge in [0.15, 0.2) is 5.82 Å². The molecule has 0 bridgehead atoms. The average molecular weight is 810 g/mol. The number of fused-ring (bicyclic) bond motifs is 4. The lowest BCUT2D eigenvalue weighted by Gasteiger charge is -2.28. The van der Waals surface area contributed by atoms with Crippen molar-refractivity contribution in [3.05, 3.63) is 87.5 Å². The molecule has 55 heavy (non-hydrogen) atoms. The number of thiocarbonyl (C=S) groups is 1. The molecule has 292 valence electrons. The highest BCUT2D eigenvalue weighted by atomic mass is 35.5. The third-order valence-electron chi connectivity index (χ3n) is 8.95. The fourth-order valence-corrected chi connectivity index (χ4v) is 7.26. The molecular formula is C39H46Cl2N8O5S. The first-order valence-corrected chi connectivity index (χ1v) is 19.4. The van der Waals surface area contributed by atoms with Crippen LogP contribution >= 0.6 is 35.4 Å². The van der Waals surface area contributed by atoms with Crippen molar-refractivity contribution in [2.24, 2.45) is 0 Å². The highest BCUT2D eigenvalue weighted by molar-refractivity contribution is 7.80. The van der Waals surface area contributed by atoms with E-state index in [9.17, 15) is 9.59 Å². The van der Waals surface area contributed by atoms with Crippen molar-refractivity contribution in [2.75, 3.05) is 11.9 Å². The molecule has 1 N–H and O–H groups in total. The number of anilines is 1. The molecule has 2 amide bonds. The van der Waals surface area contributed by atoms with Crippen molar-refractivity contribution in [1.29, 1.82) is 0 Å². The van der Waals surface area contributed by atoms with Gasteiger partial charge < -0.3 is 19.5 Å². The maximum atomic E-state index is 13.0. The summed E-state index contributed by atoms with van der Waals surface area (Å²) in [6.07, 6.45) is 4.59. The molecule has 1 fully saturated rings. The molecule has 16 heteroatoms. The van der Waals surface area contributed by atoms with E-state index in [4.69, 9.17) is 49.6 Å². The van der Waals surface area contributed by atoms with Crippen LogP contribution in [0.25, 0.3) is 5.69 Å². The normalized spacial score (nSPS) is 18.2. The van der Waals surface area contributed by atoms with Crippen molar-refractivity contribution in [3.8, 4) is 11.6 Å². The maximum Gasteiger partial charge on any atom is 0.411 e. The Balaban J connectivity index is 0.000000219. The van der Waals surface area contributed by atoms with E-state index in [1.165, 1.54) is 0 Å². The van der Waals surface area contributed by atoms with E-state index < -0.39 is 11.2 Å². The number of halogens is 2. The molecule has 1 saturated carbocycles. The van der Waals surface area contributed by atoms with Gasteiger partial charge in [0.2, 0.25) is 5.88 Å². The van der Waals surface area contributed by atoms with Crippen molar-refractivity contribution in [1.82, 2.24) is 34.8 Å². The summed E-state index contributed by atoms with van der Waals surface area (Å²) in [5.74, 6) is 2.41. The van der Waals surface area contributed by atoms with E-state index in [0.717, 1.165) is 54.0 Å². The molecule has 0 spiro atoms. The number of carbonyl (C=O) groups excluding carboxylic acids is 2. The van der Waals surface area contributed by atoms with Gasteiger partial charge in [-0.1, -0.05) is 35.4 Å². The number of benzene rings is 2. The van der Waals surface area contributed by atoms with E-state index in [1.54, 1.807) is 22.1 Å². The summed E-state index contributed by atoms with van der Waals surface area (Å²) in [5.41, 5.74) is 2.56. The zero-order valence-corrected chi connectivity index (χ0v) is 34.2. The van der Waals surface area contributed by atoms with Gasteiger partial charge >= 0.3 is 12.2 Å². The highest BCUT2D eigenvalue weighted by Gasteiger charge is 2.34. The minimum Gasteiger partial charge on any atom is -0.473 e. The van der Waals surface area contributed by atoms with Gasteiger partial charge in [-0.2, -0.15) is 5.10 Å². The Morgan fingerprint density at radius 3 is 2.04 bits per heavy atom. The van der Waals surface area contributed by atoms with Crippen LogP contribution in [0.3, 0.4) is 0 Å². The summed E-state index contributed by atoms with van der Waals surface area (Å²) in [7, 11) is 0. The number of amides is 2. The lowest BCUT2D eigenvalue weighted by atomic mass is 9.86. The molecule has 1 aliphatic carbocycles. The summed E-state index contributed by atoms with van der Waals surface area (Å²) < 4.78 is 19.2. The average Bonchev–Trinajstić information content (AvgIpc) is 3.33. The number of nitrogens with one attached hydrogen (secondary N) is 1. The first-order valence-electron chi connectivity index (χ1n) is 18.2. The summed E-state index contributed by atoms with van der Waals surface area (Å²) in [5, 5.41) is 21.4. The van der Waals surface area contributed by atoms with Crippen LogP contribution in [0.2, 0.25) is 10.0 Å². The predicted molar refractivity (Wildman–Crippen MR) is 214 cm³/mol. The van der Waals surface area contributed by atoms with Gasteiger partial charge in [-0.05, 0) is 121 Å². The molecule has 0 saturated heterocycles. The fourth-order valence-electron chi connectivity index (χ4n) is 6.60. The SMILES string of the molecule is CC(C)(C)OC(=O)N1CC(=S)Nc2ccc(Cl)cc2C1.CC(C)(C)OC(=O)N1Cc2cc(Cl)ccc2-n2c(nnc2[C@H]2CC[C@H](Oc3cccnn3)CC2)C1. The third kappa shape index (κ3) is 10.6. The second kappa shape index (κ2) is 16.7. The van der Waals surface area contributed by atoms with E-state index in [2.05, 4.69) is 30.3 Å². The molecule has 0 atom stereocenters. The summed E-state index contributed by atoms with van der Waals surface area (Å²) in [6, 6.07) is 14.9. The number of rotatable bonds is 3. The topological polar surface area (TPSA) is 137 Å². The Kier molecular flexibility index (Phi) is 12.2. The van der Waals surface area contributed by atoms with Gasteiger partial charge in [0.05, 0.1) is 36.9 Å². The first-order chi connectivity index (χ1) is 26.0. The number of carbonyl (C=O) groups is 2. The van der Waals surface area contributed by atoms with Gasteiger partial charge in [0.25, 0.3) is 0 Å². The van der Waals surface area contributed by atoms with Crippen LogP contribution in [-0.4, -0.2) is 75.8 Å². The molecule has 3 aliphatic rings. The first kappa shape index (κ1) is 40.1. The van der Waals surface area contributed by atoms with Crippen molar-refractivity contribution in [3.63, 3.8) is 0 Å². The van der Waals surface area contributed by atoms with Crippen LogP contribution in [0.1, 0.15) is 95.9 Å². The van der Waals surface area contributed by atoms with Gasteiger partial charge in [0, 0.05) is 33.9 Å². The van der Waals surface area contributed by atoms with E-state index >= 15 is 0 Å². The second-order valence-electron chi connectivity index (χ2n) is 15.8. The van der Waals surface area contributed by atoms with Crippen LogP contribution < -0.4 is 10.1 Å². The van der Waals surface area contributed by atoms with Gasteiger partial charge in [-0.3, -0.25) is 14.4 Å². The maximum absolute atomic E-state index is 13.0. The molecular weight excluding hydrogens is 763 g/mol. The predicted octanol–water partition coefficient (Wildman–Crippen LogP) is 8.90. The van der Waals surface area contributed by atoms with Crippen LogP contribution in [0.4, 0.5) is 15.3 Å².